The molecule has 1 saturated carbocycles. The van der Waals surface area contributed by atoms with Gasteiger partial charge in [-0.2, -0.15) is 5.10 Å². The monoisotopic (exact) mass is 278 g/mol. The van der Waals surface area contributed by atoms with Gasteiger partial charge < -0.3 is 10.1 Å². The zero-order valence-corrected chi connectivity index (χ0v) is 11.3. The van der Waals surface area contributed by atoms with E-state index in [0.717, 1.165) is 24.2 Å². The molecule has 1 fully saturated rings. The van der Waals surface area contributed by atoms with Crippen LogP contribution in [0.5, 0.6) is 0 Å². The number of methoxy groups -OCH3 is 1. The summed E-state index contributed by atoms with van der Waals surface area (Å²) in [5.74, 6) is 0. The number of hydrogen-bond acceptors (Lipinski definition) is 4. The van der Waals surface area contributed by atoms with Gasteiger partial charge >= 0.3 is 0 Å². The van der Waals surface area contributed by atoms with Gasteiger partial charge in [-0.1, -0.05) is 17.7 Å². The number of rotatable bonds is 4. The number of ether oxygens (including phenoxy) is 1. The molecule has 1 aliphatic carbocycles. The zero-order valence-electron chi connectivity index (χ0n) is 10.6. The van der Waals surface area contributed by atoms with E-state index in [1.165, 1.54) is 6.33 Å². The Bertz CT molecular complexity index is 552. The maximum Gasteiger partial charge on any atom is 0.138 e. The minimum Gasteiger partial charge on any atom is -0.381 e. The Labute approximate surface area is 116 Å². The highest BCUT2D eigenvalue weighted by Crippen LogP contribution is 2.32. The van der Waals surface area contributed by atoms with Crippen molar-refractivity contribution in [2.45, 2.75) is 25.0 Å². The highest BCUT2D eigenvalue weighted by atomic mass is 35.5. The minimum absolute atomic E-state index is 0.367. The van der Waals surface area contributed by atoms with Crippen molar-refractivity contribution in [1.82, 2.24) is 14.8 Å². The number of hydrogen-bond donors (Lipinski definition) is 1. The molecule has 0 spiro atoms. The summed E-state index contributed by atoms with van der Waals surface area (Å²) in [6.45, 7) is 0. The van der Waals surface area contributed by atoms with E-state index in [-0.39, 0.29) is 0 Å². The highest BCUT2D eigenvalue weighted by Gasteiger charge is 2.29. The lowest BCUT2D eigenvalue weighted by Crippen LogP contribution is -2.40. The maximum absolute atomic E-state index is 6.27. The van der Waals surface area contributed by atoms with Crippen LogP contribution in [0.25, 0.3) is 5.69 Å². The van der Waals surface area contributed by atoms with E-state index in [1.807, 2.05) is 18.2 Å². The second-order valence-electron chi connectivity index (χ2n) is 4.65. The average Bonchev–Trinajstić information content (AvgIpc) is 2.86. The summed E-state index contributed by atoms with van der Waals surface area (Å²) in [4.78, 5) is 3.96. The van der Waals surface area contributed by atoms with Crippen LogP contribution in [0.4, 0.5) is 5.69 Å². The van der Waals surface area contributed by atoms with E-state index in [9.17, 15) is 0 Å². The van der Waals surface area contributed by atoms with Crippen molar-refractivity contribution in [2.24, 2.45) is 0 Å². The molecule has 100 valence electrons. The van der Waals surface area contributed by atoms with Gasteiger partial charge in [-0.05, 0) is 25.0 Å². The maximum atomic E-state index is 6.27. The van der Waals surface area contributed by atoms with Crippen LogP contribution in [0.2, 0.25) is 5.02 Å². The first kappa shape index (κ1) is 12.4. The molecule has 0 bridgehead atoms. The average molecular weight is 279 g/mol. The summed E-state index contributed by atoms with van der Waals surface area (Å²) in [6, 6.07) is 6.20. The molecule has 3 rings (SSSR count). The summed E-state index contributed by atoms with van der Waals surface area (Å²) >= 11 is 6.27. The van der Waals surface area contributed by atoms with Crippen LogP contribution >= 0.6 is 11.6 Å². The first-order chi connectivity index (χ1) is 9.28. The van der Waals surface area contributed by atoms with Crippen molar-refractivity contribution in [1.29, 1.82) is 0 Å². The van der Waals surface area contributed by atoms with E-state index in [0.29, 0.717) is 17.2 Å². The molecule has 0 radical (unpaired) electrons. The van der Waals surface area contributed by atoms with Crippen molar-refractivity contribution in [2.75, 3.05) is 12.4 Å². The highest BCUT2D eigenvalue weighted by molar-refractivity contribution is 6.33. The number of benzene rings is 1. The number of para-hydroxylation sites is 1. The zero-order chi connectivity index (χ0) is 13.2. The first-order valence-corrected chi connectivity index (χ1v) is 6.58. The Kier molecular flexibility index (Phi) is 3.40. The lowest BCUT2D eigenvalue weighted by atomic mass is 9.89. The third kappa shape index (κ3) is 2.43. The molecule has 6 heteroatoms. The van der Waals surface area contributed by atoms with Gasteiger partial charge in [-0.3, -0.25) is 0 Å². The fourth-order valence-corrected chi connectivity index (χ4v) is 2.55. The Balaban J connectivity index is 1.84. The van der Waals surface area contributed by atoms with E-state index in [4.69, 9.17) is 16.3 Å². The Morgan fingerprint density at radius 3 is 2.95 bits per heavy atom. The predicted octanol–water partition coefficient (Wildman–Crippen LogP) is 2.51. The standard InChI is InChI=1S/C13H15ClN4O/c1-19-10-5-9(6-10)17-12-4-2-3-11(14)13(12)18-8-15-7-16-18/h2-4,7-10,17H,5-6H2,1H3. The molecule has 0 aliphatic heterocycles. The molecule has 1 N–H and O–H groups in total. The van der Waals surface area contributed by atoms with Crippen LogP contribution in [-0.4, -0.2) is 34.0 Å². The van der Waals surface area contributed by atoms with Crippen LogP contribution < -0.4 is 5.32 Å². The van der Waals surface area contributed by atoms with Crippen LogP contribution in [-0.2, 0) is 4.74 Å². The molecule has 1 aliphatic rings. The number of anilines is 1. The van der Waals surface area contributed by atoms with E-state index >= 15 is 0 Å². The summed E-state index contributed by atoms with van der Waals surface area (Å²) in [5, 5.41) is 8.28. The fourth-order valence-electron chi connectivity index (χ4n) is 2.28. The van der Waals surface area contributed by atoms with Gasteiger partial charge in [0, 0.05) is 13.2 Å². The molecule has 5 nitrogen and oxygen atoms in total. The molecule has 0 saturated heterocycles. The van der Waals surface area contributed by atoms with Gasteiger partial charge in [-0.15, -0.1) is 0 Å². The second-order valence-corrected chi connectivity index (χ2v) is 5.05. The van der Waals surface area contributed by atoms with E-state index in [1.54, 1.807) is 18.1 Å². The molecule has 0 atom stereocenters. The van der Waals surface area contributed by atoms with Crippen molar-refractivity contribution >= 4 is 17.3 Å². The lowest BCUT2D eigenvalue weighted by molar-refractivity contribution is 0.0329. The number of halogens is 1. The second kappa shape index (κ2) is 5.19. The normalized spacial score (nSPS) is 22.0. The van der Waals surface area contributed by atoms with Crippen molar-refractivity contribution < 1.29 is 4.74 Å². The Hall–Kier alpha value is -1.59. The van der Waals surface area contributed by atoms with Gasteiger partial charge in [0.1, 0.15) is 18.3 Å². The van der Waals surface area contributed by atoms with Gasteiger partial charge in [0.15, 0.2) is 0 Å². The third-order valence-electron chi connectivity index (χ3n) is 3.42. The molecule has 2 aromatic rings. The van der Waals surface area contributed by atoms with Gasteiger partial charge in [0.25, 0.3) is 0 Å². The minimum atomic E-state index is 0.367. The fraction of sp³-hybridized carbons (Fsp3) is 0.385. The molecular weight excluding hydrogens is 264 g/mol. The lowest BCUT2D eigenvalue weighted by Gasteiger charge is -2.35. The molecule has 0 unspecified atom stereocenters. The first-order valence-electron chi connectivity index (χ1n) is 6.21. The van der Waals surface area contributed by atoms with Crippen LogP contribution in [0.1, 0.15) is 12.8 Å². The van der Waals surface area contributed by atoms with Crippen LogP contribution in [0, 0.1) is 0 Å². The predicted molar refractivity (Wildman–Crippen MR) is 73.8 cm³/mol. The summed E-state index contributed by atoms with van der Waals surface area (Å²) in [6.07, 6.45) is 5.54. The Morgan fingerprint density at radius 1 is 1.42 bits per heavy atom. The molecule has 1 aromatic heterocycles. The quantitative estimate of drug-likeness (QED) is 0.934. The molecular formula is C13H15ClN4O. The molecule has 19 heavy (non-hydrogen) atoms. The Morgan fingerprint density at radius 2 is 2.26 bits per heavy atom. The van der Waals surface area contributed by atoms with Gasteiger partial charge in [0.2, 0.25) is 0 Å². The van der Waals surface area contributed by atoms with Crippen LogP contribution in [0.15, 0.2) is 30.9 Å². The number of aromatic nitrogens is 3. The number of nitrogens with one attached hydrogen (secondary N) is 1. The summed E-state index contributed by atoms with van der Waals surface area (Å²) in [5.41, 5.74) is 1.81. The number of nitrogens with zero attached hydrogens (tertiary/aromatic N) is 3. The van der Waals surface area contributed by atoms with Crippen molar-refractivity contribution in [3.63, 3.8) is 0 Å². The summed E-state index contributed by atoms with van der Waals surface area (Å²) < 4.78 is 6.96. The van der Waals surface area contributed by atoms with E-state index < -0.39 is 0 Å². The third-order valence-corrected chi connectivity index (χ3v) is 3.73. The van der Waals surface area contributed by atoms with E-state index in [2.05, 4.69) is 15.4 Å². The smallest absolute Gasteiger partial charge is 0.138 e. The van der Waals surface area contributed by atoms with Crippen molar-refractivity contribution in [3.8, 4) is 5.69 Å². The summed E-state index contributed by atoms with van der Waals surface area (Å²) in [7, 11) is 1.75. The van der Waals surface area contributed by atoms with Gasteiger partial charge in [0.05, 0.1) is 16.8 Å². The largest absolute Gasteiger partial charge is 0.381 e. The van der Waals surface area contributed by atoms with Crippen molar-refractivity contribution in [3.05, 3.63) is 35.9 Å². The topological polar surface area (TPSA) is 52.0 Å². The van der Waals surface area contributed by atoms with Crippen LogP contribution in [0.3, 0.4) is 0 Å². The molecule has 0 amide bonds. The SMILES string of the molecule is COC1CC(Nc2cccc(Cl)c2-n2cncn2)C1. The van der Waals surface area contributed by atoms with Gasteiger partial charge in [-0.25, -0.2) is 9.67 Å². The molecule has 1 aromatic carbocycles. The molecule has 1 heterocycles.